The molecule has 0 N–H and O–H groups in total. The maximum absolute atomic E-state index is 13.5. The van der Waals surface area contributed by atoms with Crippen LogP contribution in [0.5, 0.6) is 0 Å². The zero-order valence-corrected chi connectivity index (χ0v) is 9.07. The molecule has 2 nitrogen and oxygen atoms in total. The number of esters is 1. The number of hydrogen-bond acceptors (Lipinski definition) is 2. The largest absolute Gasteiger partial charge is 0.462 e. The molecule has 0 unspecified atom stereocenters. The molecule has 0 aromatic heterocycles. The van der Waals surface area contributed by atoms with Crippen molar-refractivity contribution >= 4 is 11.5 Å². The van der Waals surface area contributed by atoms with Crippen molar-refractivity contribution in [3.63, 3.8) is 0 Å². The average molecular weight is 220 g/mol. The molecule has 0 fully saturated rings. The summed E-state index contributed by atoms with van der Waals surface area (Å²) in [4.78, 5) is 11.6. The Labute approximate surface area is 94.0 Å². The van der Waals surface area contributed by atoms with E-state index in [1.165, 1.54) is 0 Å². The van der Waals surface area contributed by atoms with Crippen LogP contribution in [-0.2, 0) is 9.53 Å². The van der Waals surface area contributed by atoms with Gasteiger partial charge in [-0.2, -0.15) is 0 Å². The van der Waals surface area contributed by atoms with Gasteiger partial charge in [-0.15, -0.1) is 0 Å². The van der Waals surface area contributed by atoms with Crippen LogP contribution >= 0.6 is 0 Å². The molecule has 0 spiro atoms. The number of rotatable bonds is 4. The summed E-state index contributed by atoms with van der Waals surface area (Å²) in [5.41, 5.74) is 0.399. The molecule has 0 aliphatic carbocycles. The van der Waals surface area contributed by atoms with Crippen molar-refractivity contribution in [2.75, 3.05) is 6.61 Å². The van der Waals surface area contributed by atoms with Crippen molar-refractivity contribution in [3.8, 4) is 0 Å². The summed E-state index contributed by atoms with van der Waals surface area (Å²) >= 11 is 0. The van der Waals surface area contributed by atoms with Gasteiger partial charge in [0.2, 0.25) is 0 Å². The number of ether oxygens (including phenoxy) is 1. The number of benzene rings is 1. The average Bonchev–Trinajstić information content (AvgIpc) is 2.31. The first-order valence-corrected chi connectivity index (χ1v) is 4.95. The van der Waals surface area contributed by atoms with Gasteiger partial charge in [0.15, 0.2) is 0 Å². The lowest BCUT2D eigenvalue weighted by Gasteiger charge is -2.07. The third-order valence-corrected chi connectivity index (χ3v) is 1.96. The first-order chi connectivity index (χ1) is 7.70. The summed E-state index contributed by atoms with van der Waals surface area (Å²) < 4.78 is 18.3. The number of allylic oxidation sites excluding steroid dienone is 2. The maximum Gasteiger partial charge on any atom is 0.341 e. The minimum absolute atomic E-state index is 0.0857. The van der Waals surface area contributed by atoms with E-state index < -0.39 is 11.8 Å². The Morgan fingerprint density at radius 1 is 1.44 bits per heavy atom. The molecule has 0 aliphatic heterocycles. The van der Waals surface area contributed by atoms with Crippen LogP contribution in [0.2, 0.25) is 0 Å². The summed E-state index contributed by atoms with van der Waals surface area (Å²) in [6.45, 7) is 5.19. The van der Waals surface area contributed by atoms with Crippen molar-refractivity contribution in [3.05, 3.63) is 54.4 Å². The number of hydrogen-bond donors (Lipinski definition) is 0. The zero-order valence-electron chi connectivity index (χ0n) is 9.07. The van der Waals surface area contributed by atoms with Gasteiger partial charge in [-0.25, -0.2) is 9.18 Å². The monoisotopic (exact) mass is 220 g/mol. The Morgan fingerprint density at radius 3 is 2.56 bits per heavy atom. The van der Waals surface area contributed by atoms with Crippen molar-refractivity contribution in [1.29, 1.82) is 0 Å². The van der Waals surface area contributed by atoms with Gasteiger partial charge in [0.25, 0.3) is 0 Å². The molecule has 1 aromatic rings. The second-order valence-corrected chi connectivity index (χ2v) is 3.01. The number of carbonyl (C=O) groups excluding carboxylic acids is 1. The van der Waals surface area contributed by atoms with Gasteiger partial charge < -0.3 is 4.74 Å². The van der Waals surface area contributed by atoms with Crippen molar-refractivity contribution in [1.82, 2.24) is 0 Å². The highest BCUT2D eigenvalue weighted by atomic mass is 19.1. The lowest BCUT2D eigenvalue weighted by molar-refractivity contribution is -0.136. The Hall–Kier alpha value is -1.90. The topological polar surface area (TPSA) is 26.3 Å². The van der Waals surface area contributed by atoms with E-state index in [1.807, 2.05) is 0 Å². The van der Waals surface area contributed by atoms with Gasteiger partial charge >= 0.3 is 5.97 Å². The highest BCUT2D eigenvalue weighted by Crippen LogP contribution is 2.21. The molecule has 1 rings (SSSR count). The van der Waals surface area contributed by atoms with Gasteiger partial charge in [0.05, 0.1) is 6.61 Å². The smallest absolute Gasteiger partial charge is 0.341 e. The Kier molecular flexibility index (Phi) is 4.45. The van der Waals surface area contributed by atoms with E-state index in [9.17, 15) is 9.18 Å². The van der Waals surface area contributed by atoms with E-state index in [0.29, 0.717) is 5.56 Å². The van der Waals surface area contributed by atoms with Crippen LogP contribution in [0.25, 0.3) is 5.57 Å². The molecule has 0 amide bonds. The van der Waals surface area contributed by atoms with E-state index in [2.05, 4.69) is 6.58 Å². The van der Waals surface area contributed by atoms with Crippen molar-refractivity contribution in [2.24, 2.45) is 0 Å². The Bertz CT molecular complexity index is 407. The standard InChI is InChI=1S/C13H13FO2/c1-3-11(14)12(13(15)16-4-2)10-8-6-5-7-9-10/h3,5-9H,1,4H2,2H3/b12-11+. The molecule has 0 saturated heterocycles. The van der Waals surface area contributed by atoms with Crippen LogP contribution in [0.4, 0.5) is 4.39 Å². The first kappa shape index (κ1) is 12.2. The molecule has 0 bridgehead atoms. The van der Waals surface area contributed by atoms with E-state index in [1.54, 1.807) is 37.3 Å². The minimum atomic E-state index is -0.676. The van der Waals surface area contributed by atoms with E-state index >= 15 is 0 Å². The van der Waals surface area contributed by atoms with Crippen molar-refractivity contribution in [2.45, 2.75) is 6.92 Å². The summed E-state index contributed by atoms with van der Waals surface area (Å²) in [6.07, 6.45) is 0.999. The van der Waals surface area contributed by atoms with Gasteiger partial charge in [-0.1, -0.05) is 36.9 Å². The molecule has 0 heterocycles. The molecule has 3 heteroatoms. The number of halogens is 1. The molecule has 0 aliphatic rings. The highest BCUT2D eigenvalue weighted by Gasteiger charge is 2.17. The predicted octanol–water partition coefficient (Wildman–Crippen LogP) is 3.12. The first-order valence-electron chi connectivity index (χ1n) is 4.95. The number of carbonyl (C=O) groups is 1. The highest BCUT2D eigenvalue weighted by molar-refractivity contribution is 6.17. The zero-order chi connectivity index (χ0) is 12.0. The predicted molar refractivity (Wildman–Crippen MR) is 61.3 cm³/mol. The minimum Gasteiger partial charge on any atom is -0.462 e. The molecule has 1 aromatic carbocycles. The fourth-order valence-corrected chi connectivity index (χ4v) is 1.26. The molecule has 16 heavy (non-hydrogen) atoms. The van der Waals surface area contributed by atoms with Crippen LogP contribution in [0.1, 0.15) is 12.5 Å². The Balaban J connectivity index is 3.18. The molecular formula is C13H13FO2. The molecule has 0 radical (unpaired) electrons. The van der Waals surface area contributed by atoms with Gasteiger partial charge in [0.1, 0.15) is 11.4 Å². The van der Waals surface area contributed by atoms with Crippen molar-refractivity contribution < 1.29 is 13.9 Å². The van der Waals surface area contributed by atoms with Gasteiger partial charge in [-0.3, -0.25) is 0 Å². The van der Waals surface area contributed by atoms with Crippen LogP contribution in [0.15, 0.2) is 48.8 Å². The van der Waals surface area contributed by atoms with Crippen LogP contribution < -0.4 is 0 Å². The quantitative estimate of drug-likeness (QED) is 0.442. The molecule has 84 valence electrons. The lowest BCUT2D eigenvalue weighted by atomic mass is 10.1. The maximum atomic E-state index is 13.5. The Morgan fingerprint density at radius 2 is 2.06 bits per heavy atom. The second-order valence-electron chi connectivity index (χ2n) is 3.01. The van der Waals surface area contributed by atoms with E-state index in [0.717, 1.165) is 6.08 Å². The van der Waals surface area contributed by atoms with Crippen LogP contribution in [0.3, 0.4) is 0 Å². The molecule has 0 saturated carbocycles. The molecular weight excluding hydrogens is 207 g/mol. The summed E-state index contributed by atoms with van der Waals surface area (Å²) in [5.74, 6) is -1.35. The lowest BCUT2D eigenvalue weighted by Crippen LogP contribution is -2.08. The van der Waals surface area contributed by atoms with Crippen LogP contribution in [-0.4, -0.2) is 12.6 Å². The third kappa shape index (κ3) is 2.79. The van der Waals surface area contributed by atoms with Gasteiger partial charge in [0, 0.05) is 0 Å². The molecule has 0 atom stereocenters. The van der Waals surface area contributed by atoms with E-state index in [-0.39, 0.29) is 12.2 Å². The normalized spacial score (nSPS) is 11.6. The fourth-order valence-electron chi connectivity index (χ4n) is 1.26. The van der Waals surface area contributed by atoms with Gasteiger partial charge in [-0.05, 0) is 18.6 Å². The summed E-state index contributed by atoms with van der Waals surface area (Å²) in [6, 6.07) is 8.54. The third-order valence-electron chi connectivity index (χ3n) is 1.96. The fraction of sp³-hybridized carbons (Fsp3) is 0.154. The van der Waals surface area contributed by atoms with E-state index in [4.69, 9.17) is 4.74 Å². The van der Waals surface area contributed by atoms with Crippen LogP contribution in [0, 0.1) is 0 Å². The summed E-state index contributed by atoms with van der Waals surface area (Å²) in [7, 11) is 0. The second kappa shape index (κ2) is 5.85. The SMILES string of the molecule is C=C/C(F)=C(\C(=O)OCC)c1ccccc1. The summed E-state index contributed by atoms with van der Waals surface area (Å²) in [5, 5.41) is 0.